The third-order valence-electron chi connectivity index (χ3n) is 4.44. The summed E-state index contributed by atoms with van der Waals surface area (Å²) in [5, 5.41) is 2.87. The van der Waals surface area contributed by atoms with Gasteiger partial charge in [0.15, 0.2) is 11.5 Å². The van der Waals surface area contributed by atoms with Gasteiger partial charge in [0.1, 0.15) is 6.61 Å². The van der Waals surface area contributed by atoms with E-state index in [-0.39, 0.29) is 12.8 Å². The van der Waals surface area contributed by atoms with Gasteiger partial charge in [-0.05, 0) is 30.4 Å². The summed E-state index contributed by atoms with van der Waals surface area (Å²) in [6, 6.07) is 2.61. The fraction of sp³-hybridized carbons (Fsp3) is 0.444. The van der Waals surface area contributed by atoms with Crippen molar-refractivity contribution >= 4 is 39.7 Å². The quantitative estimate of drug-likeness (QED) is 0.521. The second-order valence-electron chi connectivity index (χ2n) is 6.00. The van der Waals surface area contributed by atoms with E-state index in [1.807, 2.05) is 0 Å². The molecule has 0 saturated carbocycles. The van der Waals surface area contributed by atoms with Crippen LogP contribution in [-0.4, -0.2) is 48.9 Å². The van der Waals surface area contributed by atoms with Crippen LogP contribution in [0.25, 0.3) is 0 Å². The molecule has 0 saturated heterocycles. The number of nitrogens with zero attached hydrogens (tertiary/aromatic N) is 1. The summed E-state index contributed by atoms with van der Waals surface area (Å²) in [5.74, 6) is 2.45. The van der Waals surface area contributed by atoms with E-state index >= 15 is 0 Å². The van der Waals surface area contributed by atoms with Crippen molar-refractivity contribution in [2.24, 2.45) is 0 Å². The summed E-state index contributed by atoms with van der Waals surface area (Å²) in [5.41, 5.74) is 1.66. The molecule has 0 aromatic heterocycles. The van der Waals surface area contributed by atoms with Crippen LogP contribution in [0.1, 0.15) is 25.5 Å². The molecule has 27 heavy (non-hydrogen) atoms. The standard InChI is InChI=1S/C18H21BrN2O5S/c1-4-27-6-5-24-17(22)15-10(2)21(3)18(23)20-16(15)11-7-13-14(8-12(11)19)26-9-25-13/h7-8,16H,4-6,9H2,1-3H3,(H,20,23)/t16-/m0/s1. The first-order valence-corrected chi connectivity index (χ1v) is 10.5. The number of hydrogen-bond acceptors (Lipinski definition) is 6. The average Bonchev–Trinajstić information content (AvgIpc) is 3.09. The van der Waals surface area contributed by atoms with E-state index in [0.29, 0.717) is 39.4 Å². The maximum absolute atomic E-state index is 12.8. The summed E-state index contributed by atoms with van der Waals surface area (Å²) < 4.78 is 17.0. The molecule has 0 aliphatic carbocycles. The lowest BCUT2D eigenvalue weighted by molar-refractivity contribution is -0.139. The van der Waals surface area contributed by atoms with Gasteiger partial charge < -0.3 is 24.4 Å². The molecular weight excluding hydrogens is 436 g/mol. The lowest BCUT2D eigenvalue weighted by Crippen LogP contribution is -2.46. The first-order valence-electron chi connectivity index (χ1n) is 8.53. The van der Waals surface area contributed by atoms with Crippen molar-refractivity contribution < 1.29 is 23.8 Å². The van der Waals surface area contributed by atoms with Gasteiger partial charge in [0, 0.05) is 23.0 Å². The first kappa shape index (κ1) is 19.9. The number of nitrogens with one attached hydrogen (secondary N) is 1. The maximum Gasteiger partial charge on any atom is 0.338 e. The Morgan fingerprint density at radius 3 is 2.81 bits per heavy atom. The molecule has 0 bridgehead atoms. The van der Waals surface area contributed by atoms with Gasteiger partial charge in [0.25, 0.3) is 0 Å². The van der Waals surface area contributed by atoms with Gasteiger partial charge in [-0.2, -0.15) is 11.8 Å². The second-order valence-corrected chi connectivity index (χ2v) is 8.25. The van der Waals surface area contributed by atoms with Crippen LogP contribution < -0.4 is 14.8 Å². The van der Waals surface area contributed by atoms with Gasteiger partial charge in [-0.3, -0.25) is 0 Å². The van der Waals surface area contributed by atoms with Gasteiger partial charge in [0.05, 0.1) is 11.6 Å². The SMILES string of the molecule is CCSCCOC(=O)C1=C(C)N(C)C(=O)N[C@H]1c1cc2c(cc1Br)OCO2. The Kier molecular flexibility index (Phi) is 6.21. The summed E-state index contributed by atoms with van der Waals surface area (Å²) in [6.45, 7) is 4.26. The van der Waals surface area contributed by atoms with E-state index in [2.05, 4.69) is 28.2 Å². The molecule has 1 N–H and O–H groups in total. The van der Waals surface area contributed by atoms with Crippen molar-refractivity contribution in [3.8, 4) is 11.5 Å². The molecule has 0 unspecified atom stereocenters. The number of halogens is 1. The van der Waals surface area contributed by atoms with E-state index in [0.717, 1.165) is 11.5 Å². The molecule has 0 spiro atoms. The first-order chi connectivity index (χ1) is 12.9. The molecule has 0 fully saturated rings. The van der Waals surface area contributed by atoms with E-state index in [1.165, 1.54) is 4.90 Å². The fourth-order valence-electron chi connectivity index (χ4n) is 2.90. The Morgan fingerprint density at radius 1 is 1.41 bits per heavy atom. The number of thioether (sulfide) groups is 1. The molecule has 146 valence electrons. The van der Waals surface area contributed by atoms with Gasteiger partial charge in [0.2, 0.25) is 6.79 Å². The number of allylic oxidation sites excluding steroid dienone is 1. The summed E-state index contributed by atoms with van der Waals surface area (Å²) in [4.78, 5) is 26.6. The summed E-state index contributed by atoms with van der Waals surface area (Å²) >= 11 is 5.21. The fourth-order valence-corrected chi connectivity index (χ4v) is 3.94. The number of urea groups is 1. The van der Waals surface area contributed by atoms with Crippen molar-refractivity contribution in [1.29, 1.82) is 0 Å². The molecule has 9 heteroatoms. The predicted octanol–water partition coefficient (Wildman–Crippen LogP) is 3.44. The molecular formula is C18H21BrN2O5S. The van der Waals surface area contributed by atoms with E-state index in [1.54, 1.807) is 37.9 Å². The number of rotatable bonds is 6. The number of fused-ring (bicyclic) bond motifs is 1. The molecule has 2 aliphatic heterocycles. The number of benzene rings is 1. The number of amides is 2. The zero-order valence-corrected chi connectivity index (χ0v) is 17.7. The maximum atomic E-state index is 12.8. The number of esters is 1. The monoisotopic (exact) mass is 456 g/mol. The van der Waals surface area contributed by atoms with Crippen LogP contribution in [-0.2, 0) is 9.53 Å². The molecule has 2 amide bonds. The number of carbonyl (C=O) groups is 2. The molecule has 1 aromatic rings. The molecule has 1 aromatic carbocycles. The highest BCUT2D eigenvalue weighted by Crippen LogP contribution is 2.42. The number of carbonyl (C=O) groups excluding carboxylic acids is 2. The third kappa shape index (κ3) is 4.03. The van der Waals surface area contributed by atoms with Crippen molar-refractivity contribution in [2.45, 2.75) is 19.9 Å². The van der Waals surface area contributed by atoms with E-state index in [4.69, 9.17) is 14.2 Å². The Balaban J connectivity index is 1.94. The minimum absolute atomic E-state index is 0.143. The van der Waals surface area contributed by atoms with Crippen LogP contribution in [0.4, 0.5) is 4.79 Å². The Labute approximate surface area is 170 Å². The van der Waals surface area contributed by atoms with Crippen LogP contribution in [0.2, 0.25) is 0 Å². The largest absolute Gasteiger partial charge is 0.461 e. The Bertz CT molecular complexity index is 798. The van der Waals surface area contributed by atoms with Gasteiger partial charge >= 0.3 is 12.0 Å². The molecule has 0 radical (unpaired) electrons. The van der Waals surface area contributed by atoms with E-state index in [9.17, 15) is 9.59 Å². The average molecular weight is 457 g/mol. The summed E-state index contributed by atoms with van der Waals surface area (Å²) in [7, 11) is 1.62. The van der Waals surface area contributed by atoms with Gasteiger partial charge in [-0.1, -0.05) is 22.9 Å². The van der Waals surface area contributed by atoms with Crippen LogP contribution in [0.5, 0.6) is 11.5 Å². The zero-order chi connectivity index (χ0) is 19.6. The predicted molar refractivity (Wildman–Crippen MR) is 106 cm³/mol. The van der Waals surface area contributed by atoms with Gasteiger partial charge in [-0.15, -0.1) is 0 Å². The minimum Gasteiger partial charge on any atom is -0.461 e. The van der Waals surface area contributed by atoms with Crippen molar-refractivity contribution in [2.75, 3.05) is 32.0 Å². The highest BCUT2D eigenvalue weighted by Gasteiger charge is 2.36. The Morgan fingerprint density at radius 2 is 2.11 bits per heavy atom. The second kappa shape index (κ2) is 8.43. The normalized spacial score (nSPS) is 18.6. The third-order valence-corrected chi connectivity index (χ3v) is 5.99. The van der Waals surface area contributed by atoms with Crippen LogP contribution >= 0.6 is 27.7 Å². The molecule has 7 nitrogen and oxygen atoms in total. The lowest BCUT2D eigenvalue weighted by Gasteiger charge is -2.33. The van der Waals surface area contributed by atoms with Crippen LogP contribution in [0.15, 0.2) is 27.9 Å². The van der Waals surface area contributed by atoms with Crippen molar-refractivity contribution in [3.05, 3.63) is 33.4 Å². The zero-order valence-electron chi connectivity index (χ0n) is 15.3. The number of hydrogen-bond donors (Lipinski definition) is 1. The smallest absolute Gasteiger partial charge is 0.338 e. The Hall–Kier alpha value is -1.87. The molecule has 1 atom stereocenters. The minimum atomic E-state index is -0.649. The number of ether oxygens (including phenoxy) is 3. The highest BCUT2D eigenvalue weighted by atomic mass is 79.9. The highest BCUT2D eigenvalue weighted by molar-refractivity contribution is 9.10. The van der Waals surface area contributed by atoms with Gasteiger partial charge in [-0.25, -0.2) is 9.59 Å². The molecule has 2 aliphatic rings. The molecule has 2 heterocycles. The summed E-state index contributed by atoms with van der Waals surface area (Å²) in [6.07, 6.45) is 0. The lowest BCUT2D eigenvalue weighted by atomic mass is 9.94. The van der Waals surface area contributed by atoms with E-state index < -0.39 is 12.0 Å². The molecule has 3 rings (SSSR count). The van der Waals surface area contributed by atoms with Crippen LogP contribution in [0.3, 0.4) is 0 Å². The van der Waals surface area contributed by atoms with Crippen LogP contribution in [0, 0.1) is 0 Å². The topological polar surface area (TPSA) is 77.1 Å². The van der Waals surface area contributed by atoms with Crippen molar-refractivity contribution in [1.82, 2.24) is 10.2 Å². The van der Waals surface area contributed by atoms with Crippen molar-refractivity contribution in [3.63, 3.8) is 0 Å².